The van der Waals surface area contributed by atoms with Gasteiger partial charge in [-0.2, -0.15) is 0 Å². The Morgan fingerprint density at radius 2 is 1.53 bits per heavy atom. The van der Waals surface area contributed by atoms with Crippen molar-refractivity contribution in [3.05, 3.63) is 23.5 Å². The second kappa shape index (κ2) is 5.69. The molecule has 0 N–H and O–H groups in total. The van der Waals surface area contributed by atoms with Crippen molar-refractivity contribution in [2.24, 2.45) is 0 Å². The zero-order chi connectivity index (χ0) is 13.8. The first kappa shape index (κ1) is 13.3. The summed E-state index contributed by atoms with van der Waals surface area (Å²) in [5, 5.41) is 0. The van der Waals surface area contributed by atoms with Crippen LogP contribution in [0.5, 0.6) is 0 Å². The van der Waals surface area contributed by atoms with Crippen LogP contribution in [0.25, 0.3) is 0 Å². The molecule has 0 amide bonds. The molecule has 102 valence electrons. The molecule has 0 unspecified atom stereocenters. The Labute approximate surface area is 111 Å². The minimum absolute atomic E-state index is 0.118. The van der Waals surface area contributed by atoms with Crippen molar-refractivity contribution >= 4 is 17.6 Å². The quantitative estimate of drug-likeness (QED) is 0.765. The van der Waals surface area contributed by atoms with E-state index in [1.807, 2.05) is 0 Å². The third kappa shape index (κ3) is 2.83. The van der Waals surface area contributed by atoms with Crippen molar-refractivity contribution < 1.29 is 19.1 Å². The zero-order valence-electron chi connectivity index (χ0n) is 11.0. The van der Waals surface area contributed by atoms with E-state index < -0.39 is 11.9 Å². The Morgan fingerprint density at radius 3 is 1.95 bits per heavy atom. The van der Waals surface area contributed by atoms with E-state index in [0.29, 0.717) is 0 Å². The SMILES string of the molecule is COC(=O)c1cc(N2CCCC2)cc(C(=O)OC)n1. The fourth-order valence-corrected chi connectivity index (χ4v) is 2.09. The maximum absolute atomic E-state index is 11.6. The molecule has 6 nitrogen and oxygen atoms in total. The molecule has 1 aliphatic heterocycles. The van der Waals surface area contributed by atoms with Crippen LogP contribution in [-0.2, 0) is 9.47 Å². The van der Waals surface area contributed by atoms with Crippen LogP contribution in [0.4, 0.5) is 5.69 Å². The summed E-state index contributed by atoms with van der Waals surface area (Å²) in [7, 11) is 2.56. The highest BCUT2D eigenvalue weighted by molar-refractivity contribution is 5.93. The molecule has 0 aromatic carbocycles. The Morgan fingerprint density at radius 1 is 1.05 bits per heavy atom. The van der Waals surface area contributed by atoms with Crippen LogP contribution in [0.3, 0.4) is 0 Å². The molecule has 1 saturated heterocycles. The molecule has 0 atom stereocenters. The number of anilines is 1. The van der Waals surface area contributed by atoms with Gasteiger partial charge in [-0.3, -0.25) is 0 Å². The number of hydrogen-bond donors (Lipinski definition) is 0. The Kier molecular flexibility index (Phi) is 3.99. The van der Waals surface area contributed by atoms with Gasteiger partial charge in [0.05, 0.1) is 14.2 Å². The van der Waals surface area contributed by atoms with Crippen molar-refractivity contribution in [1.29, 1.82) is 0 Å². The van der Waals surface area contributed by atoms with Gasteiger partial charge in [-0.15, -0.1) is 0 Å². The van der Waals surface area contributed by atoms with E-state index in [0.717, 1.165) is 31.6 Å². The lowest BCUT2D eigenvalue weighted by atomic mass is 10.2. The van der Waals surface area contributed by atoms with E-state index in [-0.39, 0.29) is 11.4 Å². The molecule has 0 radical (unpaired) electrons. The van der Waals surface area contributed by atoms with Crippen molar-refractivity contribution in [2.45, 2.75) is 12.8 Å². The topological polar surface area (TPSA) is 68.7 Å². The van der Waals surface area contributed by atoms with Crippen molar-refractivity contribution in [3.8, 4) is 0 Å². The molecule has 1 aromatic rings. The summed E-state index contributed by atoms with van der Waals surface area (Å²) in [6, 6.07) is 3.28. The summed E-state index contributed by atoms with van der Waals surface area (Å²) in [4.78, 5) is 29.3. The van der Waals surface area contributed by atoms with Crippen LogP contribution < -0.4 is 4.90 Å². The molecule has 0 bridgehead atoms. The highest BCUT2D eigenvalue weighted by atomic mass is 16.5. The molecule has 2 rings (SSSR count). The normalized spacial score (nSPS) is 14.3. The molecular formula is C13H16N2O4. The molecule has 1 fully saturated rings. The van der Waals surface area contributed by atoms with Gasteiger partial charge in [-0.25, -0.2) is 14.6 Å². The number of nitrogens with zero attached hydrogens (tertiary/aromatic N) is 2. The largest absolute Gasteiger partial charge is 0.464 e. The number of aromatic nitrogens is 1. The monoisotopic (exact) mass is 264 g/mol. The van der Waals surface area contributed by atoms with Gasteiger partial charge in [0.1, 0.15) is 0 Å². The van der Waals surface area contributed by atoms with Gasteiger partial charge >= 0.3 is 11.9 Å². The van der Waals surface area contributed by atoms with Gasteiger partial charge < -0.3 is 14.4 Å². The Bertz CT molecular complexity index is 461. The lowest BCUT2D eigenvalue weighted by molar-refractivity contribution is 0.0586. The van der Waals surface area contributed by atoms with Crippen LogP contribution in [0.2, 0.25) is 0 Å². The first-order valence-electron chi connectivity index (χ1n) is 6.09. The predicted molar refractivity (Wildman–Crippen MR) is 68.4 cm³/mol. The number of ether oxygens (including phenoxy) is 2. The van der Waals surface area contributed by atoms with E-state index in [1.54, 1.807) is 12.1 Å². The molecule has 0 aliphatic carbocycles. The molecule has 0 spiro atoms. The second-order valence-electron chi connectivity index (χ2n) is 4.27. The fourth-order valence-electron chi connectivity index (χ4n) is 2.09. The number of carbonyl (C=O) groups is 2. The van der Waals surface area contributed by atoms with Gasteiger partial charge in [0.2, 0.25) is 0 Å². The minimum atomic E-state index is -0.564. The van der Waals surface area contributed by atoms with Crippen LogP contribution in [0.15, 0.2) is 12.1 Å². The van der Waals surface area contributed by atoms with Gasteiger partial charge in [0, 0.05) is 18.8 Å². The highest BCUT2D eigenvalue weighted by Gasteiger charge is 2.20. The molecule has 19 heavy (non-hydrogen) atoms. The number of hydrogen-bond acceptors (Lipinski definition) is 6. The number of methoxy groups -OCH3 is 2. The average molecular weight is 264 g/mol. The fraction of sp³-hybridized carbons (Fsp3) is 0.462. The molecule has 6 heteroatoms. The van der Waals surface area contributed by atoms with Crippen molar-refractivity contribution in [1.82, 2.24) is 4.98 Å². The van der Waals surface area contributed by atoms with Crippen LogP contribution in [-0.4, -0.2) is 44.2 Å². The molecule has 2 heterocycles. The summed E-state index contributed by atoms with van der Waals surface area (Å²) in [6.07, 6.45) is 2.20. The Balaban J connectivity index is 2.41. The number of esters is 2. The molecule has 0 saturated carbocycles. The Hall–Kier alpha value is -2.11. The van der Waals surface area contributed by atoms with E-state index in [2.05, 4.69) is 19.4 Å². The van der Waals surface area contributed by atoms with E-state index in [1.165, 1.54) is 14.2 Å². The van der Waals surface area contributed by atoms with Crippen LogP contribution >= 0.6 is 0 Å². The summed E-state index contributed by atoms with van der Waals surface area (Å²) in [5.74, 6) is -1.13. The first-order chi connectivity index (χ1) is 9.15. The zero-order valence-corrected chi connectivity index (χ0v) is 11.0. The first-order valence-corrected chi connectivity index (χ1v) is 6.09. The van der Waals surface area contributed by atoms with Crippen LogP contribution in [0.1, 0.15) is 33.8 Å². The van der Waals surface area contributed by atoms with Gasteiger partial charge in [0.25, 0.3) is 0 Å². The van der Waals surface area contributed by atoms with Crippen LogP contribution in [0, 0.1) is 0 Å². The average Bonchev–Trinajstić information content (AvgIpc) is 2.99. The number of pyridine rings is 1. The molecule has 1 aromatic heterocycles. The number of rotatable bonds is 3. The number of carbonyl (C=O) groups excluding carboxylic acids is 2. The maximum atomic E-state index is 11.6. The maximum Gasteiger partial charge on any atom is 0.356 e. The third-order valence-corrected chi connectivity index (χ3v) is 3.07. The smallest absolute Gasteiger partial charge is 0.356 e. The highest BCUT2D eigenvalue weighted by Crippen LogP contribution is 2.22. The summed E-state index contributed by atoms with van der Waals surface area (Å²) < 4.78 is 9.30. The van der Waals surface area contributed by atoms with Gasteiger partial charge in [0.15, 0.2) is 11.4 Å². The van der Waals surface area contributed by atoms with E-state index in [9.17, 15) is 9.59 Å². The second-order valence-corrected chi connectivity index (χ2v) is 4.27. The summed E-state index contributed by atoms with van der Waals surface area (Å²) in [5.41, 5.74) is 1.04. The van der Waals surface area contributed by atoms with Crippen molar-refractivity contribution in [2.75, 3.05) is 32.2 Å². The predicted octanol–water partition coefficient (Wildman–Crippen LogP) is 1.25. The van der Waals surface area contributed by atoms with Gasteiger partial charge in [-0.1, -0.05) is 0 Å². The molecule has 1 aliphatic rings. The summed E-state index contributed by atoms with van der Waals surface area (Å²) >= 11 is 0. The standard InChI is InChI=1S/C13H16N2O4/c1-18-12(16)10-7-9(15-5-3-4-6-15)8-11(14-10)13(17)19-2/h7-8H,3-6H2,1-2H3. The van der Waals surface area contributed by atoms with Crippen molar-refractivity contribution in [3.63, 3.8) is 0 Å². The third-order valence-electron chi connectivity index (χ3n) is 3.07. The molecular weight excluding hydrogens is 248 g/mol. The lowest BCUT2D eigenvalue weighted by Crippen LogP contribution is -2.20. The van der Waals surface area contributed by atoms with Gasteiger partial charge in [-0.05, 0) is 25.0 Å². The minimum Gasteiger partial charge on any atom is -0.464 e. The summed E-state index contributed by atoms with van der Waals surface area (Å²) in [6.45, 7) is 1.82. The van der Waals surface area contributed by atoms with E-state index in [4.69, 9.17) is 0 Å². The van der Waals surface area contributed by atoms with E-state index >= 15 is 0 Å². The lowest BCUT2D eigenvalue weighted by Gasteiger charge is -2.18.